The van der Waals surface area contributed by atoms with Gasteiger partial charge in [0, 0.05) is 17.7 Å². The molecule has 6 N–H and O–H groups in total. The van der Waals surface area contributed by atoms with E-state index in [9.17, 15) is 35.4 Å². The highest BCUT2D eigenvalue weighted by Gasteiger charge is 2.43. The molecule has 0 radical (unpaired) electrons. The van der Waals surface area contributed by atoms with Gasteiger partial charge in [0.15, 0.2) is 5.76 Å². The number of hydrogen-bond donors (Lipinski definition) is 6. The van der Waals surface area contributed by atoms with Crippen molar-refractivity contribution in [2.45, 2.75) is 37.6 Å². The largest absolute Gasteiger partial charge is 0.508 e. The van der Waals surface area contributed by atoms with Gasteiger partial charge >= 0.3 is 0 Å². The summed E-state index contributed by atoms with van der Waals surface area (Å²) in [4.78, 5) is 12.9. The summed E-state index contributed by atoms with van der Waals surface area (Å²) < 4.78 is 16.5. The van der Waals surface area contributed by atoms with E-state index in [-0.39, 0.29) is 34.0 Å². The molecule has 164 valence electrons. The van der Waals surface area contributed by atoms with Crippen LogP contribution in [-0.2, 0) is 4.74 Å². The molecule has 1 aliphatic heterocycles. The van der Waals surface area contributed by atoms with E-state index in [0.29, 0.717) is 5.56 Å². The fourth-order valence-electron chi connectivity index (χ4n) is 3.40. The molecule has 0 saturated carbocycles. The molecule has 1 aliphatic rings. The molecule has 10 heteroatoms. The van der Waals surface area contributed by atoms with Gasteiger partial charge in [-0.2, -0.15) is 0 Å². The molecule has 0 aliphatic carbocycles. The fraction of sp³-hybridized carbons (Fsp3) is 0.286. The second-order valence-corrected chi connectivity index (χ2v) is 7.27. The average molecular weight is 432 g/mol. The van der Waals surface area contributed by atoms with Gasteiger partial charge in [0.25, 0.3) is 0 Å². The van der Waals surface area contributed by atoms with Crippen molar-refractivity contribution in [3.63, 3.8) is 0 Å². The summed E-state index contributed by atoms with van der Waals surface area (Å²) in [7, 11) is 0. The Morgan fingerprint density at radius 3 is 2.26 bits per heavy atom. The summed E-state index contributed by atoms with van der Waals surface area (Å²) in [6.45, 7) is 1.46. The second-order valence-electron chi connectivity index (χ2n) is 7.27. The highest BCUT2D eigenvalue weighted by Crippen LogP contribution is 2.37. The smallest absolute Gasteiger partial charge is 0.238 e. The quantitative estimate of drug-likeness (QED) is 0.348. The first-order chi connectivity index (χ1) is 14.7. The van der Waals surface area contributed by atoms with E-state index in [4.69, 9.17) is 13.9 Å². The van der Waals surface area contributed by atoms with Gasteiger partial charge in [0.2, 0.25) is 17.5 Å². The molecule has 1 saturated heterocycles. The molecule has 0 unspecified atom stereocenters. The van der Waals surface area contributed by atoms with Crippen LogP contribution in [0.5, 0.6) is 23.0 Å². The first-order valence-corrected chi connectivity index (χ1v) is 9.36. The van der Waals surface area contributed by atoms with Crippen molar-refractivity contribution in [1.82, 2.24) is 0 Å². The maximum Gasteiger partial charge on any atom is 0.238 e. The molecule has 0 spiro atoms. The van der Waals surface area contributed by atoms with Crippen molar-refractivity contribution in [2.24, 2.45) is 0 Å². The molecular weight excluding hydrogens is 412 g/mol. The van der Waals surface area contributed by atoms with E-state index in [0.717, 1.165) is 12.1 Å². The molecule has 4 rings (SSSR count). The van der Waals surface area contributed by atoms with Crippen LogP contribution in [0, 0.1) is 0 Å². The molecule has 31 heavy (non-hydrogen) atoms. The Morgan fingerprint density at radius 2 is 1.58 bits per heavy atom. The molecule has 2 heterocycles. The number of aliphatic hydroxyl groups excluding tert-OH is 3. The average Bonchev–Trinajstić information content (AvgIpc) is 2.73. The van der Waals surface area contributed by atoms with Crippen molar-refractivity contribution in [3.05, 3.63) is 46.6 Å². The monoisotopic (exact) mass is 432 g/mol. The maximum absolute atomic E-state index is 12.9. The predicted molar refractivity (Wildman–Crippen MR) is 106 cm³/mol. The van der Waals surface area contributed by atoms with Gasteiger partial charge in [-0.1, -0.05) is 0 Å². The highest BCUT2D eigenvalue weighted by atomic mass is 16.7. The van der Waals surface area contributed by atoms with Crippen molar-refractivity contribution >= 4 is 11.0 Å². The van der Waals surface area contributed by atoms with E-state index in [1.54, 1.807) is 0 Å². The number of phenols is 2. The minimum Gasteiger partial charge on any atom is -0.508 e. The number of hydrogen-bond acceptors (Lipinski definition) is 10. The SMILES string of the molecule is C[C@@H]1O[C@H](Oc2cc(O)cc3oc(-c4ccc(O)cc4)c(O)c(=O)c23)[C@H](O)[C@H](O)[C@H]1O. The lowest BCUT2D eigenvalue weighted by Gasteiger charge is -2.38. The zero-order valence-electron chi connectivity index (χ0n) is 16.2. The second kappa shape index (κ2) is 7.75. The molecule has 10 nitrogen and oxygen atoms in total. The first kappa shape index (κ1) is 20.9. The van der Waals surface area contributed by atoms with Crippen LogP contribution >= 0.6 is 0 Å². The summed E-state index contributed by atoms with van der Waals surface area (Å²) in [6, 6.07) is 7.76. The van der Waals surface area contributed by atoms with Crippen LogP contribution in [0.4, 0.5) is 0 Å². The normalized spacial score (nSPS) is 26.1. The summed E-state index contributed by atoms with van der Waals surface area (Å²) >= 11 is 0. The van der Waals surface area contributed by atoms with Gasteiger partial charge in [0.05, 0.1) is 6.10 Å². The van der Waals surface area contributed by atoms with Crippen LogP contribution in [0.3, 0.4) is 0 Å². The number of aliphatic hydroxyl groups is 3. The molecule has 5 atom stereocenters. The Balaban J connectivity index is 1.81. The number of phenolic OH excluding ortho intramolecular Hbond substituents is 2. The van der Waals surface area contributed by atoms with Gasteiger partial charge in [-0.05, 0) is 31.2 Å². The minimum absolute atomic E-state index is 0.0210. The highest BCUT2D eigenvalue weighted by molar-refractivity contribution is 5.88. The zero-order valence-corrected chi connectivity index (χ0v) is 16.2. The summed E-state index contributed by atoms with van der Waals surface area (Å²) in [5.41, 5.74) is -0.699. The van der Waals surface area contributed by atoms with Crippen molar-refractivity contribution < 1.29 is 44.5 Å². The molecule has 0 amide bonds. The number of benzene rings is 2. The van der Waals surface area contributed by atoms with Crippen LogP contribution in [-0.4, -0.2) is 61.3 Å². The van der Waals surface area contributed by atoms with Crippen molar-refractivity contribution in [1.29, 1.82) is 0 Å². The van der Waals surface area contributed by atoms with E-state index in [2.05, 4.69) is 0 Å². The van der Waals surface area contributed by atoms with E-state index < -0.39 is 41.9 Å². The van der Waals surface area contributed by atoms with E-state index in [1.807, 2.05) is 0 Å². The minimum atomic E-state index is -1.65. The third-order valence-corrected chi connectivity index (χ3v) is 5.10. The van der Waals surface area contributed by atoms with Gasteiger partial charge in [0.1, 0.15) is 46.5 Å². The van der Waals surface area contributed by atoms with Crippen LogP contribution in [0.15, 0.2) is 45.6 Å². The number of rotatable bonds is 3. The van der Waals surface area contributed by atoms with E-state index in [1.165, 1.54) is 31.2 Å². The van der Waals surface area contributed by atoms with Crippen LogP contribution in [0.2, 0.25) is 0 Å². The van der Waals surface area contributed by atoms with Crippen LogP contribution < -0.4 is 10.2 Å². The van der Waals surface area contributed by atoms with Gasteiger partial charge in [-0.25, -0.2) is 0 Å². The van der Waals surface area contributed by atoms with Crippen LogP contribution in [0.1, 0.15) is 6.92 Å². The molecular formula is C21H20O10. The van der Waals surface area contributed by atoms with Crippen molar-refractivity contribution in [2.75, 3.05) is 0 Å². The van der Waals surface area contributed by atoms with Crippen molar-refractivity contribution in [3.8, 4) is 34.3 Å². The van der Waals surface area contributed by atoms with Gasteiger partial charge < -0.3 is 44.5 Å². The third kappa shape index (κ3) is 3.66. The lowest BCUT2D eigenvalue weighted by molar-refractivity contribution is -0.267. The molecule has 2 aromatic carbocycles. The van der Waals surface area contributed by atoms with E-state index >= 15 is 0 Å². The third-order valence-electron chi connectivity index (χ3n) is 5.10. The lowest BCUT2D eigenvalue weighted by Crippen LogP contribution is -2.58. The predicted octanol–water partition coefficient (Wildman–Crippen LogP) is 0.783. The molecule has 1 fully saturated rings. The molecule has 0 bridgehead atoms. The lowest BCUT2D eigenvalue weighted by atomic mass is 10.00. The molecule has 3 aromatic rings. The summed E-state index contributed by atoms with van der Waals surface area (Å²) in [5.74, 6) is -1.55. The fourth-order valence-corrected chi connectivity index (χ4v) is 3.40. The zero-order chi connectivity index (χ0) is 22.4. The van der Waals surface area contributed by atoms with Gasteiger partial charge in [-0.15, -0.1) is 0 Å². The van der Waals surface area contributed by atoms with Gasteiger partial charge in [-0.3, -0.25) is 4.79 Å². The topological polar surface area (TPSA) is 170 Å². The first-order valence-electron chi connectivity index (χ1n) is 9.36. The number of aromatic hydroxyl groups is 3. The number of fused-ring (bicyclic) bond motifs is 1. The Labute approximate surface area is 174 Å². The summed E-state index contributed by atoms with van der Waals surface area (Å²) in [6.07, 6.45) is -6.93. The standard InChI is InChI=1S/C21H20O10/c1-8-15(24)17(26)19(28)21(29-8)31-13-7-11(23)6-12-14(13)16(25)18(27)20(30-12)9-2-4-10(22)5-3-9/h2-8,15,17,19,21-24,26-28H,1H3/t8-,15-,17+,19+,21+/m0/s1. The Bertz CT molecular complexity index is 1170. The number of ether oxygens (including phenoxy) is 2. The Hall–Kier alpha value is -3.31. The molecule has 1 aromatic heterocycles. The van der Waals surface area contributed by atoms with Crippen LogP contribution in [0.25, 0.3) is 22.3 Å². The Morgan fingerprint density at radius 1 is 0.903 bits per heavy atom. The Kier molecular flexibility index (Phi) is 5.23. The summed E-state index contributed by atoms with van der Waals surface area (Å²) in [5, 5.41) is 59.7. The maximum atomic E-state index is 12.9.